The first-order valence-electron chi connectivity index (χ1n) is 3.08. The van der Waals surface area contributed by atoms with Crippen molar-refractivity contribution >= 4 is 4.57 Å². The molecule has 1 rings (SSSR count). The Morgan fingerprint density at radius 3 is 2.36 bits per heavy atom. The van der Waals surface area contributed by atoms with E-state index < -0.39 is 0 Å². The van der Waals surface area contributed by atoms with E-state index in [-0.39, 0.29) is 5.82 Å². The van der Waals surface area contributed by atoms with Crippen molar-refractivity contribution in [3.05, 3.63) is 35.6 Å². The van der Waals surface area contributed by atoms with Gasteiger partial charge in [0.1, 0.15) is 0 Å². The zero-order valence-electron chi connectivity index (χ0n) is 6.00. The van der Waals surface area contributed by atoms with Gasteiger partial charge in [-0.05, 0) is 0 Å². The third kappa shape index (κ3) is 2.23. The molecule has 0 radical (unpaired) electrons. The Hall–Kier alpha value is -0.488. The second-order valence-electron chi connectivity index (χ2n) is 2.00. The quantitative estimate of drug-likeness (QED) is 0.686. The van der Waals surface area contributed by atoms with E-state index in [0.717, 1.165) is 5.56 Å². The molecule has 0 saturated carbocycles. The third-order valence-corrected chi connectivity index (χ3v) is 1.89. The topological polar surface area (TPSA) is 9.23 Å². The second kappa shape index (κ2) is 3.78. The number of ether oxygens (including phenoxy) is 1. The van der Waals surface area contributed by atoms with E-state index >= 15 is 0 Å². The Morgan fingerprint density at radius 2 is 1.91 bits per heavy atom. The molecule has 0 atom stereocenters. The normalized spacial score (nSPS) is 9.64. The van der Waals surface area contributed by atoms with Gasteiger partial charge >= 0.3 is 72.3 Å². The molecule has 0 heterocycles. The number of hydrogen-bond donors (Lipinski definition) is 0. The molecule has 0 aliphatic carbocycles. The van der Waals surface area contributed by atoms with Gasteiger partial charge in [0, 0.05) is 0 Å². The van der Waals surface area contributed by atoms with Gasteiger partial charge in [-0.2, -0.15) is 0 Å². The van der Waals surface area contributed by atoms with Gasteiger partial charge in [0.15, 0.2) is 0 Å². The molecule has 0 unspecified atom stereocenters. The van der Waals surface area contributed by atoms with Gasteiger partial charge in [-0.1, -0.05) is 0 Å². The van der Waals surface area contributed by atoms with Crippen molar-refractivity contribution in [3.63, 3.8) is 0 Å². The fourth-order valence-corrected chi connectivity index (χ4v) is 0.916. The van der Waals surface area contributed by atoms with Crippen molar-refractivity contribution in [1.29, 1.82) is 0 Å². The van der Waals surface area contributed by atoms with Crippen LogP contribution in [0.5, 0.6) is 0 Å². The van der Waals surface area contributed by atoms with Gasteiger partial charge < -0.3 is 0 Å². The molecule has 1 nitrogen and oxygen atoms in total. The predicted molar refractivity (Wildman–Crippen MR) is 37.5 cm³/mol. The van der Waals surface area contributed by atoms with Gasteiger partial charge in [-0.15, -0.1) is 0 Å². The van der Waals surface area contributed by atoms with Crippen LogP contribution >= 0.6 is 0 Å². The molecule has 58 valence electrons. The molecule has 0 aromatic heterocycles. The molecule has 1 aromatic carbocycles. The molecule has 3 heteroatoms. The number of benzene rings is 1. The van der Waals surface area contributed by atoms with E-state index in [1.54, 1.807) is 19.2 Å². The molecule has 11 heavy (non-hydrogen) atoms. The van der Waals surface area contributed by atoms with Crippen molar-refractivity contribution in [2.24, 2.45) is 0 Å². The molecule has 0 N–H and O–H groups in total. The van der Waals surface area contributed by atoms with Crippen LogP contribution in [0.1, 0.15) is 5.56 Å². The summed E-state index contributed by atoms with van der Waals surface area (Å²) >= 11 is 2.73. The summed E-state index contributed by atoms with van der Waals surface area (Å²) in [6.45, 7) is 0. The van der Waals surface area contributed by atoms with Crippen LogP contribution in [-0.4, -0.2) is 11.7 Å². The summed E-state index contributed by atoms with van der Waals surface area (Å²) in [5.74, 6) is -0.238. The monoisotopic (exact) mass is 190 g/mol. The van der Waals surface area contributed by atoms with Crippen LogP contribution in [0.3, 0.4) is 0 Å². The maximum absolute atomic E-state index is 12.4. The standard InChI is InChI=1S/C8H7FO.Cr/c1-10-6-7-2-4-8(9)5-3-7;/h2-5H,1H3;. The molecule has 0 aliphatic heterocycles. The Morgan fingerprint density at radius 1 is 1.36 bits per heavy atom. The fourth-order valence-electron chi connectivity index (χ4n) is 0.704. The molecular weight excluding hydrogens is 183 g/mol. The van der Waals surface area contributed by atoms with Gasteiger partial charge in [-0.3, -0.25) is 0 Å². The van der Waals surface area contributed by atoms with E-state index in [4.69, 9.17) is 4.74 Å². The Balaban J connectivity index is 2.90. The molecule has 0 fully saturated rings. The molecule has 0 aliphatic rings. The molecule has 1 aromatic rings. The van der Waals surface area contributed by atoms with Gasteiger partial charge in [0.25, 0.3) is 0 Å². The Labute approximate surface area is 72.8 Å². The average Bonchev–Trinajstić information content (AvgIpc) is 2.05. The Bertz CT molecular complexity index is 255. The number of rotatable bonds is 2. The van der Waals surface area contributed by atoms with Crippen LogP contribution in [0.2, 0.25) is 0 Å². The van der Waals surface area contributed by atoms with Crippen LogP contribution in [-0.2, 0) is 20.6 Å². The average molecular weight is 190 g/mol. The molecule has 0 bridgehead atoms. The minimum absolute atomic E-state index is 0.238. The van der Waals surface area contributed by atoms with Crippen LogP contribution in [0.25, 0.3) is 0 Å². The van der Waals surface area contributed by atoms with Crippen molar-refractivity contribution in [1.82, 2.24) is 0 Å². The fraction of sp³-hybridized carbons (Fsp3) is 0.125. The van der Waals surface area contributed by atoms with E-state index in [1.165, 1.54) is 12.1 Å². The van der Waals surface area contributed by atoms with Crippen LogP contribution < -0.4 is 0 Å². The first kappa shape index (κ1) is 8.61. The third-order valence-electron chi connectivity index (χ3n) is 1.27. The number of methoxy groups -OCH3 is 1. The Kier molecular flexibility index (Phi) is 2.95. The summed E-state index contributed by atoms with van der Waals surface area (Å²) in [5.41, 5.74) is 0.855. The first-order chi connectivity index (χ1) is 5.24. The zero-order chi connectivity index (χ0) is 8.27. The van der Waals surface area contributed by atoms with Gasteiger partial charge in [0.05, 0.1) is 0 Å². The predicted octanol–water partition coefficient (Wildman–Crippen LogP) is 1.50. The summed E-state index contributed by atoms with van der Waals surface area (Å²) in [4.78, 5) is 0. The number of hydrogen-bond acceptors (Lipinski definition) is 1. The van der Waals surface area contributed by atoms with E-state index in [9.17, 15) is 4.39 Å². The van der Waals surface area contributed by atoms with Crippen molar-refractivity contribution in [2.75, 3.05) is 7.11 Å². The summed E-state index contributed by atoms with van der Waals surface area (Å²) in [6.07, 6.45) is 0. The molecule has 0 saturated heterocycles. The van der Waals surface area contributed by atoms with Crippen molar-refractivity contribution in [2.45, 2.75) is 0 Å². The first-order valence-corrected chi connectivity index (χ1v) is 3.71. The van der Waals surface area contributed by atoms with E-state index in [2.05, 4.69) is 15.9 Å². The zero-order valence-corrected chi connectivity index (χ0v) is 7.28. The van der Waals surface area contributed by atoms with Crippen LogP contribution in [0.4, 0.5) is 4.39 Å². The number of halogens is 1. The van der Waals surface area contributed by atoms with E-state index in [0.29, 0.717) is 4.57 Å². The van der Waals surface area contributed by atoms with Gasteiger partial charge in [0.2, 0.25) is 0 Å². The molecule has 0 spiro atoms. The summed E-state index contributed by atoms with van der Waals surface area (Å²) in [5, 5.41) is 0. The van der Waals surface area contributed by atoms with Crippen molar-refractivity contribution in [3.8, 4) is 0 Å². The van der Waals surface area contributed by atoms with Crippen LogP contribution in [0, 0.1) is 5.82 Å². The summed E-state index contributed by atoms with van der Waals surface area (Å²) in [6, 6.07) is 6.10. The molecular formula is C8H7CrFO. The SMILES string of the molecule is CO[C](=[Cr])c1ccc(F)cc1. The minimum atomic E-state index is -0.238. The molecule has 0 amide bonds. The van der Waals surface area contributed by atoms with Crippen molar-refractivity contribution < 1.29 is 25.0 Å². The maximum atomic E-state index is 12.4. The summed E-state index contributed by atoms with van der Waals surface area (Å²) in [7, 11) is 1.56. The van der Waals surface area contributed by atoms with Gasteiger partial charge in [-0.25, -0.2) is 0 Å². The summed E-state index contributed by atoms with van der Waals surface area (Å²) < 4.78 is 18.0. The second-order valence-corrected chi connectivity index (χ2v) is 2.58. The van der Waals surface area contributed by atoms with Crippen LogP contribution in [0.15, 0.2) is 24.3 Å². The van der Waals surface area contributed by atoms with E-state index in [1.807, 2.05) is 0 Å².